The number of hydrogen-bond acceptors (Lipinski definition) is 2. The van der Waals surface area contributed by atoms with Gasteiger partial charge in [0.1, 0.15) is 0 Å². The van der Waals surface area contributed by atoms with Crippen molar-refractivity contribution >= 4 is 24.3 Å². The molecule has 118 valence electrons. The zero-order valence-corrected chi connectivity index (χ0v) is 16.8. The van der Waals surface area contributed by atoms with Gasteiger partial charge in [0.25, 0.3) is 0 Å². The maximum absolute atomic E-state index is 11.1. The Morgan fingerprint density at radius 2 is 1.30 bits per heavy atom. The fraction of sp³-hybridized carbons (Fsp3) is 0.824. The summed E-state index contributed by atoms with van der Waals surface area (Å²) in [6.45, 7) is 8.85. The molecule has 0 spiro atoms. The van der Waals surface area contributed by atoms with Crippen LogP contribution in [0.15, 0.2) is 9.67 Å². The van der Waals surface area contributed by atoms with Crippen LogP contribution in [0.2, 0.25) is 13.3 Å². The molecular formula is C17H33O2Sn-. The molecule has 0 atom stereocenters. The Morgan fingerprint density at radius 1 is 0.900 bits per heavy atom. The van der Waals surface area contributed by atoms with Crippen LogP contribution in [0.1, 0.15) is 72.6 Å². The second-order valence-corrected chi connectivity index (χ2v) is 19.4. The van der Waals surface area contributed by atoms with E-state index in [0.29, 0.717) is 0 Å². The number of carboxylic acids is 1. The molecular weight excluding hydrogens is 355 g/mol. The second kappa shape index (κ2) is 11.6. The van der Waals surface area contributed by atoms with Gasteiger partial charge in [-0.2, -0.15) is 0 Å². The third-order valence-electron chi connectivity index (χ3n) is 4.38. The van der Waals surface area contributed by atoms with Crippen LogP contribution in [0.5, 0.6) is 0 Å². The summed E-state index contributed by atoms with van der Waals surface area (Å²) in [6, 6.07) is 0. The average molecular weight is 388 g/mol. The fourth-order valence-corrected chi connectivity index (χ4v) is 20.2. The van der Waals surface area contributed by atoms with Crippen molar-refractivity contribution in [3.8, 4) is 0 Å². The van der Waals surface area contributed by atoms with E-state index >= 15 is 0 Å². The average Bonchev–Trinajstić information content (AvgIpc) is 2.44. The summed E-state index contributed by atoms with van der Waals surface area (Å²) in [4.78, 5) is 11.1. The number of rotatable bonds is 12. The van der Waals surface area contributed by atoms with Gasteiger partial charge in [-0.25, -0.2) is 0 Å². The first-order chi connectivity index (χ1) is 9.56. The summed E-state index contributed by atoms with van der Waals surface area (Å²) in [5.74, 6) is -0.979. The summed E-state index contributed by atoms with van der Waals surface area (Å²) in [5, 5.41) is 11.1. The Kier molecular flexibility index (Phi) is 11.6. The van der Waals surface area contributed by atoms with Crippen molar-refractivity contribution < 1.29 is 9.90 Å². The molecule has 0 aliphatic carbocycles. The molecule has 20 heavy (non-hydrogen) atoms. The number of unbranched alkanes of at least 4 members (excludes halogenated alkanes) is 3. The van der Waals surface area contributed by atoms with E-state index in [1.807, 2.05) is 0 Å². The molecule has 0 aliphatic heterocycles. The van der Waals surface area contributed by atoms with E-state index in [1.165, 1.54) is 61.5 Å². The maximum atomic E-state index is 11.1. The molecule has 0 N–H and O–H groups in total. The topological polar surface area (TPSA) is 40.1 Å². The third kappa shape index (κ3) is 7.14. The van der Waals surface area contributed by atoms with Crippen molar-refractivity contribution in [2.45, 2.75) is 86.0 Å². The molecule has 0 rings (SSSR count). The number of hydrogen-bond donors (Lipinski definition) is 0. The monoisotopic (exact) mass is 389 g/mol. The van der Waals surface area contributed by atoms with E-state index in [4.69, 9.17) is 0 Å². The van der Waals surface area contributed by atoms with Crippen molar-refractivity contribution in [1.29, 1.82) is 0 Å². The van der Waals surface area contributed by atoms with Crippen molar-refractivity contribution in [3.05, 3.63) is 9.67 Å². The van der Waals surface area contributed by atoms with Gasteiger partial charge in [0, 0.05) is 0 Å². The summed E-state index contributed by atoms with van der Waals surface area (Å²) in [6.07, 6.45) is 9.88. The summed E-state index contributed by atoms with van der Waals surface area (Å²) in [7, 11) is 0. The molecule has 2 nitrogen and oxygen atoms in total. The Labute approximate surface area is 129 Å². The SMILES string of the molecule is CCC[CH2][Sn]([CH2]CCC)([CH2]CCC)/[C](=C/C(=O)[O-])CC. The minimum absolute atomic E-state index is 0.918. The van der Waals surface area contributed by atoms with E-state index in [2.05, 4.69) is 27.7 Å². The molecule has 0 aromatic carbocycles. The zero-order valence-electron chi connectivity index (χ0n) is 14.0. The summed E-state index contributed by atoms with van der Waals surface area (Å²) < 4.78 is 5.31. The van der Waals surface area contributed by atoms with Crippen LogP contribution in [0, 0.1) is 0 Å². The van der Waals surface area contributed by atoms with Gasteiger partial charge >= 0.3 is 130 Å². The van der Waals surface area contributed by atoms with Crippen molar-refractivity contribution in [2.75, 3.05) is 0 Å². The minimum atomic E-state index is -2.48. The van der Waals surface area contributed by atoms with Crippen molar-refractivity contribution in [2.24, 2.45) is 0 Å². The van der Waals surface area contributed by atoms with E-state index in [0.717, 1.165) is 6.42 Å². The van der Waals surface area contributed by atoms with Gasteiger partial charge in [-0.05, 0) is 0 Å². The molecule has 0 heterocycles. The van der Waals surface area contributed by atoms with Gasteiger partial charge in [0.15, 0.2) is 0 Å². The van der Waals surface area contributed by atoms with Gasteiger partial charge in [-0.3, -0.25) is 0 Å². The summed E-state index contributed by atoms with van der Waals surface area (Å²) >= 11 is -2.48. The zero-order chi connectivity index (χ0) is 15.4. The Balaban J connectivity index is 5.33. The van der Waals surface area contributed by atoms with E-state index in [-0.39, 0.29) is 0 Å². The molecule has 0 aliphatic rings. The standard InChI is InChI=1S/C5H7O2.3C4H9.Sn/c1-2-3-4-5(6)7;3*1-3-4-2;/h4H,2H2,1H3,(H,6,7);3*1,3-4H2,2H3;/p-1. The Morgan fingerprint density at radius 3 is 1.55 bits per heavy atom. The van der Waals surface area contributed by atoms with Gasteiger partial charge in [0.05, 0.1) is 0 Å². The first-order valence-electron chi connectivity index (χ1n) is 8.48. The van der Waals surface area contributed by atoms with E-state index in [1.54, 1.807) is 0 Å². The molecule has 0 fully saturated rings. The molecule has 0 saturated heterocycles. The molecule has 3 heteroatoms. The predicted molar refractivity (Wildman–Crippen MR) is 88.3 cm³/mol. The van der Waals surface area contributed by atoms with Crippen LogP contribution < -0.4 is 5.11 Å². The molecule has 0 aromatic rings. The number of aliphatic carboxylic acids is 1. The molecule has 0 bridgehead atoms. The van der Waals surface area contributed by atoms with Gasteiger partial charge in [-0.15, -0.1) is 0 Å². The normalized spacial score (nSPS) is 12.7. The molecule has 0 aromatic heterocycles. The Bertz CT molecular complexity index is 276. The van der Waals surface area contributed by atoms with E-state index < -0.39 is 24.3 Å². The fourth-order valence-electron chi connectivity index (χ4n) is 3.17. The third-order valence-corrected chi connectivity index (χ3v) is 20.9. The number of allylic oxidation sites excluding steroid dienone is 1. The van der Waals surface area contributed by atoms with Crippen molar-refractivity contribution in [3.63, 3.8) is 0 Å². The van der Waals surface area contributed by atoms with Gasteiger partial charge in [-0.1, -0.05) is 0 Å². The Hall–Kier alpha value is 0.00870. The van der Waals surface area contributed by atoms with Gasteiger partial charge in [0.2, 0.25) is 0 Å². The molecule has 0 saturated carbocycles. The second-order valence-electron chi connectivity index (χ2n) is 5.93. The van der Waals surface area contributed by atoms with Crippen LogP contribution in [0.25, 0.3) is 0 Å². The van der Waals surface area contributed by atoms with Crippen LogP contribution in [0.4, 0.5) is 0 Å². The molecule has 0 amide bonds. The van der Waals surface area contributed by atoms with Crippen LogP contribution in [-0.2, 0) is 4.79 Å². The van der Waals surface area contributed by atoms with Gasteiger partial charge < -0.3 is 0 Å². The number of carboxylic acid groups (broad SMARTS) is 1. The van der Waals surface area contributed by atoms with Crippen LogP contribution >= 0.6 is 0 Å². The number of carbonyl (C=O) groups is 1. The summed E-state index contributed by atoms with van der Waals surface area (Å²) in [5.41, 5.74) is 0. The van der Waals surface area contributed by atoms with Crippen LogP contribution in [-0.4, -0.2) is 24.3 Å². The number of carbonyl (C=O) groups excluding carboxylic acids is 1. The predicted octanol–water partition coefficient (Wildman–Crippen LogP) is 4.46. The van der Waals surface area contributed by atoms with Crippen molar-refractivity contribution in [1.82, 2.24) is 0 Å². The van der Waals surface area contributed by atoms with E-state index in [9.17, 15) is 9.90 Å². The molecule has 0 radical (unpaired) electrons. The first-order valence-corrected chi connectivity index (χ1v) is 16.0. The molecule has 0 unspecified atom stereocenters. The first kappa shape index (κ1) is 20.0. The van der Waals surface area contributed by atoms with Crippen LogP contribution in [0.3, 0.4) is 0 Å². The quantitative estimate of drug-likeness (QED) is 0.366.